The summed E-state index contributed by atoms with van der Waals surface area (Å²) in [5.74, 6) is 0. The minimum atomic E-state index is -0.436. The maximum absolute atomic E-state index is 12.1. The Morgan fingerprint density at radius 1 is 1.52 bits per heavy atom. The number of nitrogens with zero attached hydrogens (tertiary/aromatic N) is 1. The van der Waals surface area contributed by atoms with Crippen LogP contribution >= 0.6 is 0 Å². The Morgan fingerprint density at radius 2 is 2.29 bits per heavy atom. The van der Waals surface area contributed by atoms with Gasteiger partial charge in [0.1, 0.15) is 5.60 Å². The van der Waals surface area contributed by atoms with E-state index in [9.17, 15) is 4.79 Å². The number of likely N-dealkylation sites (tertiary alicyclic amines) is 1. The van der Waals surface area contributed by atoms with Crippen LogP contribution in [0.25, 0.3) is 0 Å². The third kappa shape index (κ3) is 4.77. The minimum absolute atomic E-state index is 0.207. The molecule has 1 aliphatic heterocycles. The van der Waals surface area contributed by atoms with E-state index in [1.54, 1.807) is 0 Å². The lowest BCUT2D eigenvalue weighted by Gasteiger charge is -2.35. The second-order valence-corrected chi connectivity index (χ2v) is 6.78. The lowest BCUT2D eigenvalue weighted by Crippen LogP contribution is -2.49. The number of amides is 1. The Bertz CT molecular complexity index is 451. The highest BCUT2D eigenvalue weighted by Crippen LogP contribution is 2.18. The van der Waals surface area contributed by atoms with Gasteiger partial charge in [-0.1, -0.05) is 0 Å². The molecule has 1 saturated heterocycles. The van der Waals surface area contributed by atoms with Gasteiger partial charge in [0.2, 0.25) is 0 Å². The van der Waals surface area contributed by atoms with Crippen molar-refractivity contribution in [3.63, 3.8) is 0 Å². The van der Waals surface area contributed by atoms with Crippen molar-refractivity contribution in [3.05, 3.63) is 24.0 Å². The summed E-state index contributed by atoms with van der Waals surface area (Å²) in [7, 11) is 0. The van der Waals surface area contributed by atoms with Crippen molar-refractivity contribution < 1.29 is 9.53 Å². The van der Waals surface area contributed by atoms with Gasteiger partial charge in [-0.3, -0.25) is 0 Å². The summed E-state index contributed by atoms with van der Waals surface area (Å²) in [6.45, 7) is 9.33. The second kappa shape index (κ2) is 6.52. The third-order valence-corrected chi connectivity index (χ3v) is 3.65. The van der Waals surface area contributed by atoms with Crippen molar-refractivity contribution in [1.82, 2.24) is 15.2 Å². The van der Waals surface area contributed by atoms with Gasteiger partial charge in [0, 0.05) is 37.1 Å². The summed E-state index contributed by atoms with van der Waals surface area (Å²) in [5.41, 5.74) is 0.735. The second-order valence-electron chi connectivity index (χ2n) is 6.78. The van der Waals surface area contributed by atoms with Crippen molar-refractivity contribution in [2.45, 2.75) is 58.2 Å². The monoisotopic (exact) mass is 293 g/mol. The Hall–Kier alpha value is -1.49. The summed E-state index contributed by atoms with van der Waals surface area (Å²) >= 11 is 0. The molecule has 21 heavy (non-hydrogen) atoms. The molecular formula is C16H27N3O2. The first-order chi connectivity index (χ1) is 9.85. The highest BCUT2D eigenvalue weighted by molar-refractivity contribution is 5.68. The fourth-order valence-electron chi connectivity index (χ4n) is 2.66. The first kappa shape index (κ1) is 15.9. The molecule has 2 atom stereocenters. The van der Waals surface area contributed by atoms with Crippen LogP contribution < -0.4 is 5.32 Å². The van der Waals surface area contributed by atoms with Crippen LogP contribution in [0, 0.1) is 0 Å². The number of rotatable bonds is 3. The van der Waals surface area contributed by atoms with E-state index in [1.165, 1.54) is 5.69 Å². The summed E-state index contributed by atoms with van der Waals surface area (Å²) in [5, 5.41) is 3.59. The number of nitrogens with one attached hydrogen (secondary N) is 2. The minimum Gasteiger partial charge on any atom is -0.444 e. The van der Waals surface area contributed by atoms with E-state index in [4.69, 9.17) is 4.74 Å². The molecule has 1 amide bonds. The quantitative estimate of drug-likeness (QED) is 0.900. The largest absolute Gasteiger partial charge is 0.444 e. The predicted molar refractivity (Wildman–Crippen MR) is 83.2 cm³/mol. The van der Waals surface area contributed by atoms with Crippen LogP contribution in [-0.4, -0.2) is 40.7 Å². The van der Waals surface area contributed by atoms with Gasteiger partial charge >= 0.3 is 6.09 Å². The lowest BCUT2D eigenvalue weighted by molar-refractivity contribution is 0.0184. The number of hydrogen-bond donors (Lipinski definition) is 2. The average molecular weight is 293 g/mol. The smallest absolute Gasteiger partial charge is 0.410 e. The standard InChI is InChI=1S/C16H27N3O2/c1-12(14-8-5-9-17-14)18-13-7-6-10-19(11-13)15(20)21-16(2,3)4/h5,8-9,12-13,17-18H,6-7,10-11H2,1-4H3. The summed E-state index contributed by atoms with van der Waals surface area (Å²) < 4.78 is 5.46. The Morgan fingerprint density at radius 3 is 2.90 bits per heavy atom. The van der Waals surface area contributed by atoms with Crippen LogP contribution in [-0.2, 0) is 4.74 Å². The summed E-state index contributed by atoms with van der Waals surface area (Å²) in [4.78, 5) is 17.2. The number of ether oxygens (including phenoxy) is 1. The van der Waals surface area contributed by atoms with Crippen LogP contribution in [0.2, 0.25) is 0 Å². The van der Waals surface area contributed by atoms with E-state index < -0.39 is 5.60 Å². The zero-order valence-corrected chi connectivity index (χ0v) is 13.5. The van der Waals surface area contributed by atoms with Crippen LogP contribution in [0.4, 0.5) is 4.79 Å². The fraction of sp³-hybridized carbons (Fsp3) is 0.688. The van der Waals surface area contributed by atoms with Gasteiger partial charge in [-0.05, 0) is 52.7 Å². The first-order valence-corrected chi connectivity index (χ1v) is 7.72. The van der Waals surface area contributed by atoms with Gasteiger partial charge in [0.25, 0.3) is 0 Å². The molecule has 1 fully saturated rings. The molecule has 2 unspecified atom stereocenters. The summed E-state index contributed by atoms with van der Waals surface area (Å²) in [6, 6.07) is 4.64. The van der Waals surface area contributed by atoms with E-state index in [1.807, 2.05) is 37.9 Å². The normalized spacial score (nSPS) is 21.1. The highest BCUT2D eigenvalue weighted by atomic mass is 16.6. The predicted octanol–water partition coefficient (Wildman–Crippen LogP) is 3.06. The molecular weight excluding hydrogens is 266 g/mol. The third-order valence-electron chi connectivity index (χ3n) is 3.65. The van der Waals surface area contributed by atoms with Gasteiger partial charge < -0.3 is 19.9 Å². The van der Waals surface area contributed by atoms with Crippen molar-refractivity contribution in [2.75, 3.05) is 13.1 Å². The Labute approximate surface area is 127 Å². The van der Waals surface area contributed by atoms with Crippen LogP contribution in [0.15, 0.2) is 18.3 Å². The van der Waals surface area contributed by atoms with Gasteiger partial charge in [-0.25, -0.2) is 4.79 Å². The number of carbonyl (C=O) groups is 1. The molecule has 0 bridgehead atoms. The maximum atomic E-state index is 12.1. The van der Waals surface area contributed by atoms with Crippen LogP contribution in [0.5, 0.6) is 0 Å². The molecule has 0 spiro atoms. The molecule has 118 valence electrons. The topological polar surface area (TPSA) is 57.4 Å². The Balaban J connectivity index is 1.87. The molecule has 2 rings (SSSR count). The van der Waals surface area contributed by atoms with Crippen molar-refractivity contribution in [1.29, 1.82) is 0 Å². The molecule has 0 aromatic carbocycles. The van der Waals surface area contributed by atoms with Crippen molar-refractivity contribution in [2.24, 2.45) is 0 Å². The van der Waals surface area contributed by atoms with Gasteiger partial charge in [0.15, 0.2) is 0 Å². The Kier molecular flexibility index (Phi) is 4.93. The zero-order chi connectivity index (χ0) is 15.5. The molecule has 1 aromatic rings. The van der Waals surface area contributed by atoms with E-state index in [0.717, 1.165) is 19.4 Å². The molecule has 2 N–H and O–H groups in total. The van der Waals surface area contributed by atoms with Gasteiger partial charge in [0.05, 0.1) is 0 Å². The van der Waals surface area contributed by atoms with E-state index >= 15 is 0 Å². The number of aromatic amines is 1. The average Bonchev–Trinajstić information content (AvgIpc) is 2.91. The maximum Gasteiger partial charge on any atom is 0.410 e. The number of hydrogen-bond acceptors (Lipinski definition) is 3. The van der Waals surface area contributed by atoms with E-state index in [0.29, 0.717) is 12.6 Å². The SMILES string of the molecule is CC(NC1CCCN(C(=O)OC(C)(C)C)C1)c1ccc[nH]1. The molecule has 2 heterocycles. The first-order valence-electron chi connectivity index (χ1n) is 7.72. The van der Waals surface area contributed by atoms with Crippen LogP contribution in [0.1, 0.15) is 52.3 Å². The summed E-state index contributed by atoms with van der Waals surface area (Å²) in [6.07, 6.45) is 3.82. The van der Waals surface area contributed by atoms with Crippen molar-refractivity contribution in [3.8, 4) is 0 Å². The lowest BCUT2D eigenvalue weighted by atomic mass is 10.0. The number of piperidine rings is 1. The van der Waals surface area contributed by atoms with E-state index in [-0.39, 0.29) is 12.1 Å². The molecule has 0 saturated carbocycles. The number of H-pyrrole nitrogens is 1. The number of carbonyl (C=O) groups excluding carboxylic acids is 1. The van der Waals surface area contributed by atoms with Gasteiger partial charge in [-0.15, -0.1) is 0 Å². The molecule has 0 radical (unpaired) electrons. The molecule has 5 heteroatoms. The van der Waals surface area contributed by atoms with E-state index in [2.05, 4.69) is 23.3 Å². The molecule has 1 aromatic heterocycles. The molecule has 0 aliphatic carbocycles. The highest BCUT2D eigenvalue weighted by Gasteiger charge is 2.28. The molecule has 5 nitrogen and oxygen atoms in total. The number of aromatic nitrogens is 1. The molecule has 1 aliphatic rings. The van der Waals surface area contributed by atoms with Crippen LogP contribution in [0.3, 0.4) is 0 Å². The fourth-order valence-corrected chi connectivity index (χ4v) is 2.66. The van der Waals surface area contributed by atoms with Crippen molar-refractivity contribution >= 4 is 6.09 Å². The zero-order valence-electron chi connectivity index (χ0n) is 13.5. The van der Waals surface area contributed by atoms with Gasteiger partial charge in [-0.2, -0.15) is 0 Å².